The SMILES string of the molecule is Cn1ccc2c(C#Cc3ccccc3)nc(C#Cc3ccccc3)nc21. The summed E-state index contributed by atoms with van der Waals surface area (Å²) >= 11 is 0. The van der Waals surface area contributed by atoms with Crippen LogP contribution >= 0.6 is 0 Å². The molecule has 4 aromatic rings. The smallest absolute Gasteiger partial charge is 0.208 e. The molecule has 2 aromatic heterocycles. The van der Waals surface area contributed by atoms with E-state index in [-0.39, 0.29) is 0 Å². The molecule has 3 nitrogen and oxygen atoms in total. The van der Waals surface area contributed by atoms with Gasteiger partial charge in [0, 0.05) is 24.4 Å². The molecule has 0 atom stereocenters. The molecule has 2 heterocycles. The monoisotopic (exact) mass is 333 g/mol. The minimum absolute atomic E-state index is 0.473. The van der Waals surface area contributed by atoms with Crippen molar-refractivity contribution in [1.29, 1.82) is 0 Å². The van der Waals surface area contributed by atoms with Gasteiger partial charge in [-0.1, -0.05) is 48.2 Å². The number of aryl methyl sites for hydroxylation is 1. The van der Waals surface area contributed by atoms with Gasteiger partial charge in [-0.25, -0.2) is 9.97 Å². The Hall–Kier alpha value is -3.82. The van der Waals surface area contributed by atoms with Crippen LogP contribution in [0.2, 0.25) is 0 Å². The second-order valence-corrected chi connectivity index (χ2v) is 5.79. The molecule has 26 heavy (non-hydrogen) atoms. The van der Waals surface area contributed by atoms with Crippen LogP contribution in [0.4, 0.5) is 0 Å². The zero-order valence-electron chi connectivity index (χ0n) is 14.3. The Kier molecular flexibility index (Phi) is 4.21. The Morgan fingerprint density at radius 2 is 1.31 bits per heavy atom. The summed E-state index contributed by atoms with van der Waals surface area (Å²) in [5.74, 6) is 13.0. The number of aromatic nitrogens is 3. The number of benzene rings is 2. The number of hydrogen-bond donors (Lipinski definition) is 0. The van der Waals surface area contributed by atoms with Crippen LogP contribution in [0.15, 0.2) is 72.9 Å². The van der Waals surface area contributed by atoms with Crippen molar-refractivity contribution in [3.63, 3.8) is 0 Å². The van der Waals surface area contributed by atoms with Crippen LogP contribution in [-0.4, -0.2) is 14.5 Å². The zero-order valence-corrected chi connectivity index (χ0v) is 14.3. The first-order chi connectivity index (χ1) is 12.8. The molecule has 0 amide bonds. The van der Waals surface area contributed by atoms with E-state index >= 15 is 0 Å². The minimum Gasteiger partial charge on any atom is -0.335 e. The highest BCUT2D eigenvalue weighted by Gasteiger charge is 2.07. The first kappa shape index (κ1) is 15.7. The molecule has 0 aliphatic carbocycles. The lowest BCUT2D eigenvalue weighted by Gasteiger charge is -1.99. The number of fused-ring (bicyclic) bond motifs is 1. The highest BCUT2D eigenvalue weighted by atomic mass is 15.0. The average molecular weight is 333 g/mol. The van der Waals surface area contributed by atoms with Crippen LogP contribution in [0.25, 0.3) is 11.0 Å². The molecule has 0 radical (unpaired) electrons. The maximum absolute atomic E-state index is 4.58. The summed E-state index contributed by atoms with van der Waals surface area (Å²) in [4.78, 5) is 9.15. The van der Waals surface area contributed by atoms with Crippen LogP contribution in [0.5, 0.6) is 0 Å². The topological polar surface area (TPSA) is 30.7 Å². The van der Waals surface area contributed by atoms with Gasteiger partial charge in [0.1, 0.15) is 11.3 Å². The van der Waals surface area contributed by atoms with E-state index in [9.17, 15) is 0 Å². The fourth-order valence-corrected chi connectivity index (χ4v) is 2.59. The van der Waals surface area contributed by atoms with Gasteiger partial charge in [-0.15, -0.1) is 0 Å². The molecular formula is C23H15N3. The highest BCUT2D eigenvalue weighted by molar-refractivity contribution is 5.82. The first-order valence-electron chi connectivity index (χ1n) is 8.27. The average Bonchev–Trinajstić information content (AvgIpc) is 3.07. The predicted molar refractivity (Wildman–Crippen MR) is 103 cm³/mol. The molecule has 0 bridgehead atoms. The van der Waals surface area contributed by atoms with Crippen molar-refractivity contribution in [3.8, 4) is 23.7 Å². The molecule has 4 rings (SSSR count). The lowest BCUT2D eigenvalue weighted by molar-refractivity contribution is 0.939. The van der Waals surface area contributed by atoms with Gasteiger partial charge in [0.25, 0.3) is 0 Å². The molecule has 0 unspecified atom stereocenters. The Labute approximate surface area is 152 Å². The third kappa shape index (κ3) is 3.34. The second kappa shape index (κ2) is 6.97. The van der Waals surface area contributed by atoms with Gasteiger partial charge in [-0.05, 0) is 42.2 Å². The molecule has 0 saturated carbocycles. The quantitative estimate of drug-likeness (QED) is 0.459. The number of rotatable bonds is 0. The normalized spacial score (nSPS) is 9.88. The van der Waals surface area contributed by atoms with Gasteiger partial charge in [0.05, 0.1) is 5.39 Å². The van der Waals surface area contributed by atoms with E-state index < -0.39 is 0 Å². The van der Waals surface area contributed by atoms with Crippen molar-refractivity contribution < 1.29 is 0 Å². The molecule has 0 aliphatic rings. The van der Waals surface area contributed by atoms with Crippen molar-refractivity contribution in [3.05, 3.63) is 95.6 Å². The standard InChI is InChI=1S/C23H15N3/c1-26-17-16-20-21(14-12-18-8-4-2-5-9-18)24-22(25-23(20)26)15-13-19-10-6-3-7-11-19/h2-11,16-17H,1H3. The summed E-state index contributed by atoms with van der Waals surface area (Å²) < 4.78 is 1.96. The molecule has 3 heteroatoms. The molecule has 0 saturated heterocycles. The third-order valence-corrected chi connectivity index (χ3v) is 3.92. The van der Waals surface area contributed by atoms with E-state index in [2.05, 4.69) is 33.6 Å². The fraction of sp³-hybridized carbons (Fsp3) is 0.0435. The first-order valence-corrected chi connectivity index (χ1v) is 8.27. The maximum Gasteiger partial charge on any atom is 0.208 e. The van der Waals surface area contributed by atoms with Crippen LogP contribution in [0.1, 0.15) is 22.6 Å². The lowest BCUT2D eigenvalue weighted by Crippen LogP contribution is -1.97. The molecule has 2 aromatic carbocycles. The Bertz CT molecular complexity index is 1180. The Morgan fingerprint density at radius 1 is 0.692 bits per heavy atom. The van der Waals surface area contributed by atoms with Gasteiger partial charge < -0.3 is 4.57 Å². The summed E-state index contributed by atoms with van der Waals surface area (Å²) in [7, 11) is 1.96. The summed E-state index contributed by atoms with van der Waals surface area (Å²) in [6.45, 7) is 0. The zero-order chi connectivity index (χ0) is 17.8. The van der Waals surface area contributed by atoms with E-state index in [0.29, 0.717) is 11.5 Å². The fourth-order valence-electron chi connectivity index (χ4n) is 2.59. The Balaban J connectivity index is 1.80. The summed E-state index contributed by atoms with van der Waals surface area (Å²) in [6.07, 6.45) is 1.96. The van der Waals surface area contributed by atoms with Gasteiger partial charge in [0.2, 0.25) is 5.82 Å². The van der Waals surface area contributed by atoms with E-state index in [0.717, 1.165) is 22.2 Å². The van der Waals surface area contributed by atoms with E-state index in [1.54, 1.807) is 0 Å². The lowest BCUT2D eigenvalue weighted by atomic mass is 10.2. The summed E-state index contributed by atoms with van der Waals surface area (Å²) in [6, 6.07) is 21.7. The molecular weight excluding hydrogens is 318 g/mol. The van der Waals surface area contributed by atoms with Gasteiger partial charge in [0.15, 0.2) is 0 Å². The van der Waals surface area contributed by atoms with Crippen LogP contribution in [0, 0.1) is 23.7 Å². The highest BCUT2D eigenvalue weighted by Crippen LogP contribution is 2.16. The molecule has 122 valence electrons. The third-order valence-electron chi connectivity index (χ3n) is 3.92. The predicted octanol–water partition coefficient (Wildman–Crippen LogP) is 3.77. The van der Waals surface area contributed by atoms with E-state index in [4.69, 9.17) is 0 Å². The van der Waals surface area contributed by atoms with Crippen molar-refractivity contribution >= 4 is 11.0 Å². The second-order valence-electron chi connectivity index (χ2n) is 5.79. The summed E-state index contributed by atoms with van der Waals surface area (Å²) in [5, 5.41) is 0.932. The number of hydrogen-bond acceptors (Lipinski definition) is 2. The molecule has 0 spiro atoms. The molecule has 0 aliphatic heterocycles. The van der Waals surface area contributed by atoms with Crippen molar-refractivity contribution in [2.75, 3.05) is 0 Å². The largest absolute Gasteiger partial charge is 0.335 e. The van der Waals surface area contributed by atoms with Crippen LogP contribution in [0.3, 0.4) is 0 Å². The van der Waals surface area contributed by atoms with Gasteiger partial charge >= 0.3 is 0 Å². The van der Waals surface area contributed by atoms with Crippen molar-refractivity contribution in [2.24, 2.45) is 7.05 Å². The van der Waals surface area contributed by atoms with E-state index in [1.807, 2.05) is 84.5 Å². The minimum atomic E-state index is 0.473. The van der Waals surface area contributed by atoms with Crippen LogP contribution in [-0.2, 0) is 7.05 Å². The van der Waals surface area contributed by atoms with Gasteiger partial charge in [-0.2, -0.15) is 0 Å². The Morgan fingerprint density at radius 3 is 1.96 bits per heavy atom. The van der Waals surface area contributed by atoms with Crippen molar-refractivity contribution in [2.45, 2.75) is 0 Å². The van der Waals surface area contributed by atoms with Crippen LogP contribution < -0.4 is 0 Å². The van der Waals surface area contributed by atoms with E-state index in [1.165, 1.54) is 0 Å². The number of nitrogens with zero attached hydrogens (tertiary/aromatic N) is 3. The maximum atomic E-state index is 4.58. The molecule has 0 N–H and O–H groups in total. The molecule has 0 fully saturated rings. The van der Waals surface area contributed by atoms with Crippen molar-refractivity contribution in [1.82, 2.24) is 14.5 Å². The van der Waals surface area contributed by atoms with Gasteiger partial charge in [-0.3, -0.25) is 0 Å². The summed E-state index contributed by atoms with van der Waals surface area (Å²) in [5.41, 5.74) is 3.40.